The van der Waals surface area contributed by atoms with Crippen LogP contribution in [0.3, 0.4) is 0 Å². The molecule has 4 aromatic carbocycles. The van der Waals surface area contributed by atoms with E-state index in [0.29, 0.717) is 0 Å². The van der Waals surface area contributed by atoms with Gasteiger partial charge < -0.3 is 0 Å². The number of hydrogen-bond acceptors (Lipinski definition) is 3. The fourth-order valence-electron chi connectivity index (χ4n) is 7.37. The Labute approximate surface area is 262 Å². The molecule has 224 valence electrons. The van der Waals surface area contributed by atoms with Gasteiger partial charge in [-0.3, -0.25) is 0 Å². The van der Waals surface area contributed by atoms with E-state index in [1.165, 1.54) is 21.7 Å². The normalized spacial score (nSPS) is 19.1. The first-order chi connectivity index (χ1) is 21.1. The van der Waals surface area contributed by atoms with Gasteiger partial charge in [-0.2, -0.15) is 10.0 Å². The van der Waals surface area contributed by atoms with Crippen LogP contribution in [0.25, 0.3) is 0 Å². The van der Waals surface area contributed by atoms with Crippen LogP contribution >= 0.6 is 14.8 Å². The molecule has 0 N–H and O–H groups in total. The molecule has 0 bridgehead atoms. The first kappa shape index (κ1) is 31.8. The van der Waals surface area contributed by atoms with Crippen LogP contribution < -0.4 is 10.6 Å². The predicted octanol–water partition coefficient (Wildman–Crippen LogP) is 9.74. The lowest BCUT2D eigenvalue weighted by molar-refractivity contribution is -0.0191. The monoisotopic (exact) mass is 609 g/mol. The summed E-state index contributed by atoms with van der Waals surface area (Å²) in [7, 11) is -4.33. The van der Waals surface area contributed by atoms with E-state index in [0.717, 1.165) is 38.6 Å². The highest BCUT2D eigenvalue weighted by Crippen LogP contribution is 2.92. The summed E-state index contributed by atoms with van der Waals surface area (Å²) in [4.78, 5) is 0. The third-order valence-electron chi connectivity index (χ3n) is 9.14. The molecular weight excluding hydrogens is 560 g/mol. The Morgan fingerprint density at radius 1 is 0.651 bits per heavy atom. The average Bonchev–Trinajstić information content (AvgIpc) is 3.38. The molecule has 1 aliphatic heterocycles. The van der Waals surface area contributed by atoms with Gasteiger partial charge in [0, 0.05) is 24.2 Å². The van der Waals surface area contributed by atoms with Gasteiger partial charge in [-0.15, -0.1) is 0 Å². The van der Waals surface area contributed by atoms with Gasteiger partial charge in [0.15, 0.2) is 26.4 Å². The van der Waals surface area contributed by atoms with Crippen molar-refractivity contribution in [3.63, 3.8) is 0 Å². The zero-order valence-corrected chi connectivity index (χ0v) is 28.3. The van der Waals surface area contributed by atoms with Crippen molar-refractivity contribution in [1.82, 2.24) is 14.5 Å². The van der Waals surface area contributed by atoms with Crippen molar-refractivity contribution in [2.45, 2.75) is 52.1 Å². The molecule has 0 spiro atoms. The zero-order chi connectivity index (χ0) is 30.3. The summed E-state index contributed by atoms with van der Waals surface area (Å²) < 4.78 is 3.11. The molecular formula is C38H49N3P2+2. The number of hydrazine groups is 1. The van der Waals surface area contributed by atoms with Crippen LogP contribution in [0.5, 0.6) is 0 Å². The summed E-state index contributed by atoms with van der Waals surface area (Å²) in [5.41, 5.74) is 2.79. The van der Waals surface area contributed by atoms with Crippen molar-refractivity contribution in [3.8, 4) is 0 Å². The summed E-state index contributed by atoms with van der Waals surface area (Å²) in [5.74, 6) is 2.88. The molecule has 1 fully saturated rings. The first-order valence-corrected chi connectivity index (χ1v) is 19.9. The molecule has 1 heterocycles. The van der Waals surface area contributed by atoms with Crippen molar-refractivity contribution in [3.05, 3.63) is 145 Å². The average molecular weight is 610 g/mol. The first-order valence-electron chi connectivity index (χ1n) is 16.1. The molecule has 0 unspecified atom stereocenters. The van der Waals surface area contributed by atoms with Crippen LogP contribution in [0.4, 0.5) is 0 Å². The van der Waals surface area contributed by atoms with E-state index in [2.05, 4.69) is 169 Å². The Balaban J connectivity index is 1.93. The molecule has 2 atom stereocenters. The van der Waals surface area contributed by atoms with Gasteiger partial charge in [-0.05, 0) is 42.1 Å². The Morgan fingerprint density at radius 3 is 1.37 bits per heavy atom. The van der Waals surface area contributed by atoms with Gasteiger partial charge in [-0.1, -0.05) is 131 Å². The SMILES string of the molecule is C=C[P+]1(N(CCCC)[P+](CC)(c2ccccc2)c2ccccc2)[C@H](c2ccccc2)N(CC)N(CC)[C@H]1c1ccccc1. The Kier molecular flexibility index (Phi) is 10.7. The van der Waals surface area contributed by atoms with Crippen LogP contribution in [0, 0.1) is 0 Å². The van der Waals surface area contributed by atoms with Crippen molar-refractivity contribution in [2.75, 3.05) is 25.8 Å². The van der Waals surface area contributed by atoms with Gasteiger partial charge >= 0.3 is 0 Å². The largest absolute Gasteiger partial charge is 0.195 e. The highest BCUT2D eigenvalue weighted by Gasteiger charge is 2.74. The van der Waals surface area contributed by atoms with Gasteiger partial charge in [0.2, 0.25) is 0 Å². The molecule has 5 rings (SSSR count). The lowest BCUT2D eigenvalue weighted by Gasteiger charge is -2.44. The molecule has 1 saturated heterocycles. The molecule has 0 amide bonds. The summed E-state index contributed by atoms with van der Waals surface area (Å²) in [6, 6.07) is 45.6. The minimum Gasteiger partial charge on any atom is -0.195 e. The molecule has 43 heavy (non-hydrogen) atoms. The number of rotatable bonds is 13. The highest BCUT2D eigenvalue weighted by atomic mass is 31.2. The van der Waals surface area contributed by atoms with Crippen molar-refractivity contribution in [1.29, 1.82) is 0 Å². The topological polar surface area (TPSA) is 9.72 Å². The third kappa shape index (κ3) is 5.56. The van der Waals surface area contributed by atoms with Crippen LogP contribution in [0.15, 0.2) is 134 Å². The number of benzene rings is 4. The van der Waals surface area contributed by atoms with Gasteiger partial charge in [0.05, 0.1) is 18.5 Å². The maximum absolute atomic E-state index is 4.84. The minimum atomic E-state index is -2.25. The fraction of sp³-hybridized carbons (Fsp3) is 0.316. The zero-order valence-electron chi connectivity index (χ0n) is 26.5. The standard InChI is InChI=1S/C38H49N3P2/c1-6-11-32-41(42(9-4,35-28-20-14-21-29-35)36-30-22-15-23-31-36)43(10-5)37(33-24-16-12-17-25-33)39(7-2)40(8-3)38(43)34-26-18-13-19-27-34/h10,12-31,37-38H,5-9,11,32H2,1-4H3/q+2/t37-,38-/m1/s1. The van der Waals surface area contributed by atoms with Crippen LogP contribution in [0.1, 0.15) is 63.2 Å². The van der Waals surface area contributed by atoms with E-state index < -0.39 is 14.8 Å². The van der Waals surface area contributed by atoms with Gasteiger partial charge in [0.25, 0.3) is 0 Å². The molecule has 0 saturated carbocycles. The summed E-state index contributed by atoms with van der Waals surface area (Å²) in [6.45, 7) is 17.2. The van der Waals surface area contributed by atoms with Crippen molar-refractivity contribution >= 4 is 25.4 Å². The summed E-state index contributed by atoms with van der Waals surface area (Å²) in [6.07, 6.45) is 3.38. The second kappa shape index (κ2) is 14.4. The van der Waals surface area contributed by atoms with E-state index in [9.17, 15) is 0 Å². The lowest BCUT2D eigenvalue weighted by atomic mass is 10.2. The highest BCUT2D eigenvalue weighted by molar-refractivity contribution is 7.97. The molecule has 3 nitrogen and oxygen atoms in total. The number of unbranched alkanes of at least 4 members (excludes halogenated alkanes) is 1. The molecule has 1 aliphatic rings. The second-order valence-corrected chi connectivity index (χ2v) is 18.7. The third-order valence-corrected chi connectivity index (χ3v) is 19.5. The van der Waals surface area contributed by atoms with E-state index in [1.54, 1.807) is 0 Å². The minimum absolute atomic E-state index is 0.205. The maximum Gasteiger partial charge on any atom is 0.194 e. The van der Waals surface area contributed by atoms with E-state index in [1.807, 2.05) is 0 Å². The van der Waals surface area contributed by atoms with E-state index >= 15 is 0 Å². The van der Waals surface area contributed by atoms with Crippen LogP contribution in [0.2, 0.25) is 0 Å². The molecule has 0 radical (unpaired) electrons. The lowest BCUT2D eigenvalue weighted by Crippen LogP contribution is -2.40. The Bertz CT molecular complexity index is 1320. The van der Waals surface area contributed by atoms with E-state index in [4.69, 9.17) is 6.58 Å². The number of hydrogen-bond donors (Lipinski definition) is 0. The molecule has 5 heteroatoms. The quantitative estimate of drug-likeness (QED) is 0.140. The smallest absolute Gasteiger partial charge is 0.194 e. The van der Waals surface area contributed by atoms with Gasteiger partial charge in [-0.25, -0.2) is 0 Å². The second-order valence-electron chi connectivity index (χ2n) is 11.3. The van der Waals surface area contributed by atoms with Gasteiger partial charge in [0.1, 0.15) is 10.6 Å². The van der Waals surface area contributed by atoms with Crippen LogP contribution in [-0.4, -0.2) is 40.3 Å². The molecule has 4 aromatic rings. The molecule has 0 aliphatic carbocycles. The van der Waals surface area contributed by atoms with Crippen LogP contribution in [-0.2, 0) is 0 Å². The maximum atomic E-state index is 4.84. The number of nitrogens with zero attached hydrogens (tertiary/aromatic N) is 3. The Morgan fingerprint density at radius 2 is 1.05 bits per heavy atom. The summed E-state index contributed by atoms with van der Waals surface area (Å²) >= 11 is 0. The predicted molar refractivity (Wildman–Crippen MR) is 191 cm³/mol. The van der Waals surface area contributed by atoms with E-state index in [-0.39, 0.29) is 11.6 Å². The molecule has 0 aromatic heterocycles. The Hall–Kier alpha value is -2.64. The van der Waals surface area contributed by atoms with Crippen molar-refractivity contribution < 1.29 is 0 Å². The summed E-state index contributed by atoms with van der Waals surface area (Å²) in [5, 5.41) is 8.33. The fourth-order valence-corrected chi connectivity index (χ4v) is 19.6. The van der Waals surface area contributed by atoms with Crippen molar-refractivity contribution in [2.24, 2.45) is 0 Å².